The topological polar surface area (TPSA) is 65.4 Å². The molecule has 0 unspecified atom stereocenters. The van der Waals surface area contributed by atoms with Gasteiger partial charge in [0.2, 0.25) is 0 Å². The van der Waals surface area contributed by atoms with Crippen molar-refractivity contribution in [2.45, 2.75) is 31.5 Å². The van der Waals surface area contributed by atoms with Crippen LogP contribution in [0.25, 0.3) is 22.5 Å². The number of unbranched alkanes of at least 4 members (excludes halogenated alkanes) is 1. The second-order valence-corrected chi connectivity index (χ2v) is 9.60. The van der Waals surface area contributed by atoms with E-state index in [0.717, 1.165) is 47.1 Å². The van der Waals surface area contributed by atoms with Crippen LogP contribution < -0.4 is 14.8 Å². The quantitative estimate of drug-likeness (QED) is 0.171. The molecule has 37 heavy (non-hydrogen) atoms. The Balaban J connectivity index is 1.55. The van der Waals surface area contributed by atoms with Gasteiger partial charge in [-0.1, -0.05) is 85.8 Å². The Morgan fingerprint density at radius 2 is 1.54 bits per heavy atom. The molecule has 1 N–H and O–H groups in total. The van der Waals surface area contributed by atoms with Crippen LogP contribution in [-0.4, -0.2) is 42.0 Å². The van der Waals surface area contributed by atoms with E-state index < -0.39 is 0 Å². The number of imidazole rings is 1. The normalized spacial score (nSPS) is 10.8. The van der Waals surface area contributed by atoms with Gasteiger partial charge in [0, 0.05) is 41.6 Å². The molecule has 4 rings (SSSR count). The Morgan fingerprint density at radius 1 is 0.919 bits per heavy atom. The van der Waals surface area contributed by atoms with Crippen LogP contribution in [0.3, 0.4) is 0 Å². The molecule has 1 heterocycles. The van der Waals surface area contributed by atoms with E-state index in [1.54, 1.807) is 44.2 Å². The van der Waals surface area contributed by atoms with Crippen LogP contribution in [0.15, 0.2) is 84.0 Å². The predicted octanol–water partition coefficient (Wildman–Crippen LogP) is 6.56. The van der Waals surface area contributed by atoms with Gasteiger partial charge in [0.05, 0.1) is 25.6 Å². The summed E-state index contributed by atoms with van der Waals surface area (Å²) in [6.07, 6.45) is 2.16. The van der Waals surface area contributed by atoms with Crippen molar-refractivity contribution in [3.8, 4) is 34.0 Å². The third-order valence-corrected chi connectivity index (χ3v) is 6.97. The molecule has 1 aromatic heterocycles. The van der Waals surface area contributed by atoms with E-state index in [1.807, 2.05) is 24.3 Å². The van der Waals surface area contributed by atoms with Gasteiger partial charge in [-0.2, -0.15) is 0 Å². The fourth-order valence-corrected chi connectivity index (χ4v) is 4.98. The van der Waals surface area contributed by atoms with Crippen LogP contribution in [0.2, 0.25) is 0 Å². The van der Waals surface area contributed by atoms with Gasteiger partial charge in [0.25, 0.3) is 5.91 Å². The summed E-state index contributed by atoms with van der Waals surface area (Å²) >= 11 is 1.66. The summed E-state index contributed by atoms with van der Waals surface area (Å²) < 4.78 is 12.9. The van der Waals surface area contributed by atoms with Crippen molar-refractivity contribution >= 4 is 17.7 Å². The van der Waals surface area contributed by atoms with Gasteiger partial charge in [0.1, 0.15) is 11.5 Å². The molecule has 1 amide bonds. The third kappa shape index (κ3) is 6.54. The molecule has 192 valence electrons. The molecule has 0 bridgehead atoms. The maximum Gasteiger partial charge on any atom is 0.251 e. The van der Waals surface area contributed by atoms with Crippen molar-refractivity contribution in [2.24, 2.45) is 0 Å². The van der Waals surface area contributed by atoms with Crippen molar-refractivity contribution < 1.29 is 14.3 Å². The van der Waals surface area contributed by atoms with E-state index in [9.17, 15) is 4.79 Å². The van der Waals surface area contributed by atoms with E-state index in [2.05, 4.69) is 53.2 Å². The lowest BCUT2D eigenvalue weighted by molar-refractivity contribution is 0.0955. The Morgan fingerprint density at radius 3 is 2.14 bits per heavy atom. The van der Waals surface area contributed by atoms with Crippen molar-refractivity contribution in [3.05, 3.63) is 84.4 Å². The fourth-order valence-electron chi connectivity index (χ4n) is 4.10. The summed E-state index contributed by atoms with van der Waals surface area (Å²) in [6.45, 7) is 3.59. The van der Waals surface area contributed by atoms with Crippen LogP contribution in [0.4, 0.5) is 0 Å². The first-order chi connectivity index (χ1) is 18.1. The number of nitrogens with one attached hydrogen (secondary N) is 1. The number of ether oxygens (including phenoxy) is 2. The molecule has 4 aromatic rings. The van der Waals surface area contributed by atoms with Crippen LogP contribution in [-0.2, 0) is 6.54 Å². The largest absolute Gasteiger partial charge is 0.497 e. The van der Waals surface area contributed by atoms with Gasteiger partial charge in [-0.3, -0.25) is 4.79 Å². The first-order valence-electron chi connectivity index (χ1n) is 12.5. The molecule has 3 aromatic carbocycles. The molecule has 0 saturated carbocycles. The molecule has 0 atom stereocenters. The van der Waals surface area contributed by atoms with E-state index in [1.165, 1.54) is 0 Å². The Bertz CT molecular complexity index is 1280. The van der Waals surface area contributed by atoms with E-state index in [4.69, 9.17) is 14.5 Å². The number of rotatable bonds is 12. The number of hydrogen-bond acceptors (Lipinski definition) is 5. The minimum Gasteiger partial charge on any atom is -0.497 e. The lowest BCUT2D eigenvalue weighted by atomic mass is 10.0. The van der Waals surface area contributed by atoms with E-state index >= 15 is 0 Å². The first kappa shape index (κ1) is 26.4. The minimum absolute atomic E-state index is 0.165. The summed E-state index contributed by atoms with van der Waals surface area (Å²) in [7, 11) is 3.14. The zero-order valence-corrected chi connectivity index (χ0v) is 22.4. The lowest BCUT2D eigenvalue weighted by Crippen LogP contribution is -2.25. The van der Waals surface area contributed by atoms with E-state index in [0.29, 0.717) is 29.4 Å². The number of thioether (sulfide) groups is 1. The smallest absolute Gasteiger partial charge is 0.251 e. The highest BCUT2D eigenvalue weighted by Crippen LogP contribution is 2.36. The number of aromatic nitrogens is 2. The van der Waals surface area contributed by atoms with Gasteiger partial charge in [-0.15, -0.1) is 0 Å². The maximum absolute atomic E-state index is 12.8. The second-order valence-electron chi connectivity index (χ2n) is 8.53. The van der Waals surface area contributed by atoms with Crippen molar-refractivity contribution in [1.29, 1.82) is 0 Å². The molecule has 0 aliphatic carbocycles. The average molecular weight is 516 g/mol. The summed E-state index contributed by atoms with van der Waals surface area (Å²) in [6, 6.07) is 26.0. The molecule has 7 heteroatoms. The van der Waals surface area contributed by atoms with Gasteiger partial charge in [-0.25, -0.2) is 4.98 Å². The second kappa shape index (κ2) is 13.0. The molecule has 0 fully saturated rings. The molecule has 0 spiro atoms. The Kier molecular flexibility index (Phi) is 9.27. The maximum atomic E-state index is 12.8. The number of amides is 1. The highest BCUT2D eigenvalue weighted by molar-refractivity contribution is 7.99. The molecule has 6 nitrogen and oxygen atoms in total. The van der Waals surface area contributed by atoms with Crippen molar-refractivity contribution in [3.63, 3.8) is 0 Å². The van der Waals surface area contributed by atoms with Gasteiger partial charge >= 0.3 is 0 Å². The van der Waals surface area contributed by atoms with Crippen LogP contribution >= 0.6 is 11.8 Å². The number of benzene rings is 3. The minimum atomic E-state index is -0.165. The number of methoxy groups -OCH3 is 2. The zero-order valence-electron chi connectivity index (χ0n) is 21.6. The highest BCUT2D eigenvalue weighted by Gasteiger charge is 2.20. The third-order valence-electron chi connectivity index (χ3n) is 5.99. The standard InChI is InChI=1S/C30H33N3O3S/c1-4-5-17-33-28(23-14-10-7-11-15-23)27(22-12-8-6-9-13-22)32-30(33)37-18-16-31-29(34)24-19-25(35-2)21-26(20-24)36-3/h6-15,19-21H,4-5,16-18H2,1-3H3,(H,31,34). The fraction of sp³-hybridized carbons (Fsp3) is 0.267. The zero-order chi connectivity index (χ0) is 26.0. The predicted molar refractivity (Wildman–Crippen MR) is 151 cm³/mol. The first-order valence-corrected chi connectivity index (χ1v) is 13.5. The van der Waals surface area contributed by atoms with Gasteiger partial charge in [0.15, 0.2) is 5.16 Å². The lowest BCUT2D eigenvalue weighted by Gasteiger charge is -2.13. The SMILES string of the molecule is CCCCn1c(SCCNC(=O)c2cc(OC)cc(OC)c2)nc(-c2ccccc2)c1-c1ccccc1. The number of carbonyl (C=O) groups is 1. The molecule has 0 aliphatic heterocycles. The van der Waals surface area contributed by atoms with Crippen LogP contribution in [0.1, 0.15) is 30.1 Å². The van der Waals surface area contributed by atoms with Crippen molar-refractivity contribution in [1.82, 2.24) is 14.9 Å². The van der Waals surface area contributed by atoms with Gasteiger partial charge < -0.3 is 19.4 Å². The van der Waals surface area contributed by atoms with Gasteiger partial charge in [-0.05, 0) is 18.6 Å². The average Bonchev–Trinajstić information content (AvgIpc) is 3.32. The molecule has 0 aliphatic rings. The number of carbonyl (C=O) groups excluding carboxylic acids is 1. The summed E-state index contributed by atoms with van der Waals surface area (Å²) in [5, 5.41) is 3.97. The van der Waals surface area contributed by atoms with E-state index in [-0.39, 0.29) is 5.91 Å². The van der Waals surface area contributed by atoms with Crippen molar-refractivity contribution in [2.75, 3.05) is 26.5 Å². The highest BCUT2D eigenvalue weighted by atomic mass is 32.2. The molecular formula is C30H33N3O3S. The summed E-state index contributed by atoms with van der Waals surface area (Å²) in [5.41, 5.74) is 4.87. The van der Waals surface area contributed by atoms with Crippen LogP contribution in [0, 0.1) is 0 Å². The Hall–Kier alpha value is -3.71. The Labute approximate surface area is 223 Å². The molecule has 0 radical (unpaired) electrons. The molecular weight excluding hydrogens is 482 g/mol. The monoisotopic (exact) mass is 515 g/mol. The number of nitrogens with zero attached hydrogens (tertiary/aromatic N) is 2. The van der Waals surface area contributed by atoms with Crippen LogP contribution in [0.5, 0.6) is 11.5 Å². The summed E-state index contributed by atoms with van der Waals surface area (Å²) in [5.74, 6) is 1.69. The summed E-state index contributed by atoms with van der Waals surface area (Å²) in [4.78, 5) is 17.9. The molecule has 0 saturated heterocycles. The number of hydrogen-bond donors (Lipinski definition) is 1.